The average molecular weight is 415 g/mol. The van der Waals surface area contributed by atoms with Gasteiger partial charge in [-0.1, -0.05) is 0 Å². The molecule has 30 heavy (non-hydrogen) atoms. The molecular formula is C21H30N6O3. The van der Waals surface area contributed by atoms with Gasteiger partial charge in [0.15, 0.2) is 0 Å². The van der Waals surface area contributed by atoms with Crippen LogP contribution in [-0.2, 0) is 9.53 Å². The number of piperidine rings is 1. The number of rotatable bonds is 7. The number of nitrogens with zero attached hydrogens (tertiary/aromatic N) is 3. The molecule has 0 atom stereocenters. The Kier molecular flexibility index (Phi) is 9.02. The van der Waals surface area contributed by atoms with E-state index in [9.17, 15) is 4.79 Å². The summed E-state index contributed by atoms with van der Waals surface area (Å²) in [4.78, 5) is 20.9. The molecule has 0 saturated carbocycles. The Bertz CT molecular complexity index is 805. The van der Waals surface area contributed by atoms with Crippen molar-refractivity contribution in [3.05, 3.63) is 36.2 Å². The molecule has 9 nitrogen and oxygen atoms in total. The predicted molar refractivity (Wildman–Crippen MR) is 117 cm³/mol. The zero-order valence-corrected chi connectivity index (χ0v) is 17.7. The Hall–Kier alpha value is -3.20. The van der Waals surface area contributed by atoms with E-state index in [0.717, 1.165) is 24.9 Å². The van der Waals surface area contributed by atoms with E-state index in [0.29, 0.717) is 42.1 Å². The van der Waals surface area contributed by atoms with Crippen LogP contribution in [-0.4, -0.2) is 59.9 Å². The van der Waals surface area contributed by atoms with Gasteiger partial charge >= 0.3 is 0 Å². The fraction of sp³-hybridized carbons (Fsp3) is 0.429. The van der Waals surface area contributed by atoms with Gasteiger partial charge in [-0.25, -0.2) is 9.97 Å². The first-order chi connectivity index (χ1) is 14.5. The number of likely N-dealkylation sites (tertiary alicyclic amines) is 1. The van der Waals surface area contributed by atoms with Crippen molar-refractivity contribution in [2.24, 2.45) is 0 Å². The number of nitrogen functional groups attached to an aromatic ring is 1. The van der Waals surface area contributed by atoms with Crippen LogP contribution in [0.25, 0.3) is 0 Å². The number of hydrogen-bond donors (Lipinski definition) is 3. The quantitative estimate of drug-likeness (QED) is 0.361. The normalized spacial score (nSPS) is 13.9. The molecule has 0 aliphatic carbocycles. The molecule has 2 aromatic rings. The van der Waals surface area contributed by atoms with Gasteiger partial charge in [0.25, 0.3) is 0 Å². The minimum Gasteiger partial charge on any atom is -0.474 e. The molecule has 0 bridgehead atoms. The monoisotopic (exact) mass is 414 g/mol. The molecule has 1 aliphatic rings. The van der Waals surface area contributed by atoms with E-state index in [-0.39, 0.29) is 6.10 Å². The Morgan fingerprint density at radius 1 is 1.23 bits per heavy atom. The molecule has 162 valence electrons. The van der Waals surface area contributed by atoms with Crippen LogP contribution >= 0.6 is 0 Å². The van der Waals surface area contributed by atoms with Gasteiger partial charge < -0.3 is 30.8 Å². The molecule has 0 unspecified atom stereocenters. The van der Waals surface area contributed by atoms with Crippen LogP contribution in [0.4, 0.5) is 17.2 Å². The van der Waals surface area contributed by atoms with Crippen LogP contribution in [0.3, 0.4) is 0 Å². The highest BCUT2D eigenvalue weighted by molar-refractivity contribution is 5.88. The van der Waals surface area contributed by atoms with Crippen molar-refractivity contribution in [3.63, 3.8) is 0 Å². The van der Waals surface area contributed by atoms with Crippen molar-refractivity contribution >= 4 is 29.8 Å². The molecular weight excluding hydrogens is 384 g/mol. The number of ether oxygens (including phenoxy) is 2. The van der Waals surface area contributed by atoms with Crippen LogP contribution in [0.15, 0.2) is 30.6 Å². The van der Waals surface area contributed by atoms with Crippen molar-refractivity contribution in [3.8, 4) is 5.88 Å². The third kappa shape index (κ3) is 7.00. The van der Waals surface area contributed by atoms with Crippen molar-refractivity contribution in [2.75, 3.05) is 31.2 Å². The Morgan fingerprint density at radius 2 is 1.87 bits per heavy atom. The van der Waals surface area contributed by atoms with Crippen LogP contribution in [0.5, 0.6) is 5.88 Å². The lowest BCUT2D eigenvalue weighted by molar-refractivity contribution is -0.119. The lowest BCUT2D eigenvalue weighted by Gasteiger charge is -2.29. The summed E-state index contributed by atoms with van der Waals surface area (Å²) < 4.78 is 10.7. The van der Waals surface area contributed by atoms with Gasteiger partial charge in [-0.05, 0) is 38.1 Å². The van der Waals surface area contributed by atoms with E-state index >= 15 is 0 Å². The maximum atomic E-state index is 10.8. The number of carbonyl (C=O) groups is 1. The third-order valence-corrected chi connectivity index (χ3v) is 4.54. The van der Waals surface area contributed by atoms with Crippen molar-refractivity contribution in [1.82, 2.24) is 14.9 Å². The minimum absolute atomic E-state index is 0.0332. The lowest BCUT2D eigenvalue weighted by atomic mass is 10.1. The molecule has 3 rings (SSSR count). The molecule has 2 heterocycles. The standard InChI is InChI=1S/C17H20N6O2.C4H10O/c18-9-15-16(22-13-3-1-12(19)2-4-13)20-10-21-17(15)25-14-5-7-23(11-24)8-6-14;1-4(2)5-3/h1-4,9-11,14,18H,5-8,19H2,(H,20,21,22);4H,1-3H3. The lowest BCUT2D eigenvalue weighted by Crippen LogP contribution is -2.37. The zero-order valence-electron chi connectivity index (χ0n) is 17.7. The van der Waals surface area contributed by atoms with E-state index in [4.69, 9.17) is 20.6 Å². The summed E-state index contributed by atoms with van der Waals surface area (Å²) in [6.45, 7) is 5.32. The van der Waals surface area contributed by atoms with E-state index < -0.39 is 0 Å². The number of nitrogens with one attached hydrogen (secondary N) is 2. The van der Waals surface area contributed by atoms with Crippen molar-refractivity contribution in [2.45, 2.75) is 38.9 Å². The second-order valence-corrected chi connectivity index (χ2v) is 7.08. The van der Waals surface area contributed by atoms with E-state index in [1.807, 2.05) is 26.0 Å². The van der Waals surface area contributed by atoms with Gasteiger partial charge in [0.2, 0.25) is 12.3 Å². The van der Waals surface area contributed by atoms with Crippen LogP contribution in [0, 0.1) is 5.41 Å². The molecule has 1 amide bonds. The molecule has 1 aliphatic heterocycles. The summed E-state index contributed by atoms with van der Waals surface area (Å²) in [5, 5.41) is 10.9. The number of hydrogen-bond acceptors (Lipinski definition) is 8. The molecule has 1 aromatic carbocycles. The van der Waals surface area contributed by atoms with Crippen LogP contribution in [0.2, 0.25) is 0 Å². The molecule has 0 spiro atoms. The molecule has 4 N–H and O–H groups in total. The topological polar surface area (TPSA) is 126 Å². The van der Waals surface area contributed by atoms with Crippen molar-refractivity contribution in [1.29, 1.82) is 5.41 Å². The van der Waals surface area contributed by atoms with E-state index in [1.54, 1.807) is 24.1 Å². The SMILES string of the molecule is COC(C)C.N=Cc1c(Nc2ccc(N)cc2)ncnc1OC1CCN(C=O)CC1. The smallest absolute Gasteiger partial charge is 0.227 e. The van der Waals surface area contributed by atoms with Gasteiger partial charge in [0.1, 0.15) is 18.2 Å². The first kappa shape index (κ1) is 23.1. The van der Waals surface area contributed by atoms with Gasteiger partial charge in [-0.3, -0.25) is 4.79 Å². The van der Waals surface area contributed by atoms with Gasteiger partial charge in [-0.15, -0.1) is 0 Å². The van der Waals surface area contributed by atoms with Gasteiger partial charge in [-0.2, -0.15) is 0 Å². The van der Waals surface area contributed by atoms with Gasteiger partial charge in [0.05, 0.1) is 11.7 Å². The van der Waals surface area contributed by atoms with Crippen molar-refractivity contribution < 1.29 is 14.3 Å². The maximum Gasteiger partial charge on any atom is 0.227 e. The fourth-order valence-corrected chi connectivity index (χ4v) is 2.66. The molecule has 1 fully saturated rings. The number of amides is 1. The summed E-state index contributed by atoms with van der Waals surface area (Å²) >= 11 is 0. The largest absolute Gasteiger partial charge is 0.474 e. The summed E-state index contributed by atoms with van der Waals surface area (Å²) in [6.07, 6.45) is 5.27. The predicted octanol–water partition coefficient (Wildman–Crippen LogP) is 2.84. The highest BCUT2D eigenvalue weighted by Crippen LogP contribution is 2.26. The number of anilines is 3. The minimum atomic E-state index is -0.0332. The molecule has 1 aromatic heterocycles. The van der Waals surface area contributed by atoms with Crippen LogP contribution in [0.1, 0.15) is 32.3 Å². The average Bonchev–Trinajstić information content (AvgIpc) is 2.76. The summed E-state index contributed by atoms with van der Waals surface area (Å²) in [5.41, 5.74) is 7.65. The molecule has 1 saturated heterocycles. The number of methoxy groups -OCH3 is 1. The number of aromatic nitrogens is 2. The molecule has 9 heteroatoms. The third-order valence-electron chi connectivity index (χ3n) is 4.54. The Balaban J connectivity index is 0.000000575. The van der Waals surface area contributed by atoms with Crippen LogP contribution < -0.4 is 15.8 Å². The number of carbonyl (C=O) groups excluding carboxylic acids is 1. The Morgan fingerprint density at radius 3 is 2.40 bits per heavy atom. The number of nitrogens with two attached hydrogens (primary N) is 1. The van der Waals surface area contributed by atoms with E-state index in [1.165, 1.54) is 12.5 Å². The highest BCUT2D eigenvalue weighted by atomic mass is 16.5. The summed E-state index contributed by atoms with van der Waals surface area (Å²) in [7, 11) is 1.70. The van der Waals surface area contributed by atoms with E-state index in [2.05, 4.69) is 15.3 Å². The Labute approximate surface area is 177 Å². The summed E-state index contributed by atoms with van der Waals surface area (Å²) in [6, 6.07) is 7.24. The second-order valence-electron chi connectivity index (χ2n) is 7.08. The summed E-state index contributed by atoms with van der Waals surface area (Å²) in [5.74, 6) is 0.864. The zero-order chi connectivity index (χ0) is 21.9. The number of benzene rings is 1. The van der Waals surface area contributed by atoms with Gasteiger partial charge in [0, 0.05) is 50.6 Å². The second kappa shape index (κ2) is 11.7. The fourth-order valence-electron chi connectivity index (χ4n) is 2.66. The maximum absolute atomic E-state index is 10.8. The first-order valence-electron chi connectivity index (χ1n) is 9.83. The molecule has 0 radical (unpaired) electrons. The highest BCUT2D eigenvalue weighted by Gasteiger charge is 2.22. The first-order valence-corrected chi connectivity index (χ1v) is 9.83.